The number of carboxylic acids is 1. The van der Waals surface area contributed by atoms with Crippen LogP contribution in [-0.2, 0) is 31.4 Å². The molecule has 3 heterocycles. The summed E-state index contributed by atoms with van der Waals surface area (Å²) in [6, 6.07) is 18.4. The van der Waals surface area contributed by atoms with Gasteiger partial charge in [0, 0.05) is 41.2 Å². The molecule has 7 nitrogen and oxygen atoms in total. The quantitative estimate of drug-likeness (QED) is 0.196. The summed E-state index contributed by atoms with van der Waals surface area (Å²) >= 11 is 0. The van der Waals surface area contributed by atoms with Gasteiger partial charge in [0.25, 0.3) is 0 Å². The summed E-state index contributed by atoms with van der Waals surface area (Å²) in [5, 5.41) is 18.4. The van der Waals surface area contributed by atoms with E-state index in [0.717, 1.165) is 61.1 Å². The number of carboxylic acid groups (broad SMARTS) is 1. The van der Waals surface area contributed by atoms with Gasteiger partial charge in [-0.15, -0.1) is 0 Å². The van der Waals surface area contributed by atoms with E-state index in [1.54, 1.807) is 0 Å². The van der Waals surface area contributed by atoms with E-state index in [0.29, 0.717) is 44.9 Å². The van der Waals surface area contributed by atoms with Gasteiger partial charge in [0.05, 0.1) is 31.0 Å². The molecule has 0 saturated heterocycles. The topological polar surface area (TPSA) is 78.5 Å². The highest BCUT2D eigenvalue weighted by atomic mass is 16.5. The first kappa shape index (κ1) is 25.9. The zero-order valence-corrected chi connectivity index (χ0v) is 23.1. The lowest BCUT2D eigenvalue weighted by Crippen LogP contribution is -2.11. The first-order valence-corrected chi connectivity index (χ1v) is 13.7. The molecule has 0 saturated carbocycles. The normalized spacial score (nSPS) is 14.2. The first-order chi connectivity index (χ1) is 19.5. The minimum Gasteiger partial charge on any atom is -0.493 e. The number of ether oxygens (including phenoxy) is 2. The van der Waals surface area contributed by atoms with Crippen LogP contribution in [0.2, 0.25) is 0 Å². The maximum atomic E-state index is 12.8. The van der Waals surface area contributed by atoms with E-state index in [-0.39, 0.29) is 0 Å². The molecule has 0 aliphatic carbocycles. The molecule has 1 aliphatic rings. The fourth-order valence-corrected chi connectivity index (χ4v) is 5.94. The zero-order chi connectivity index (χ0) is 27.8. The summed E-state index contributed by atoms with van der Waals surface area (Å²) in [6.07, 6.45) is 5.21. The Balaban J connectivity index is 1.43. The smallest absolute Gasteiger partial charge is 0.352 e. The number of nitrogens with zero attached hydrogens (tertiary/aromatic N) is 3. The van der Waals surface area contributed by atoms with Crippen molar-refractivity contribution in [2.24, 2.45) is 7.05 Å². The second-order valence-electron chi connectivity index (χ2n) is 10.3. The highest BCUT2D eigenvalue weighted by Gasteiger charge is 2.27. The number of aromatic nitrogens is 3. The van der Waals surface area contributed by atoms with Crippen molar-refractivity contribution >= 4 is 27.6 Å². The molecular weight excluding hydrogens is 502 g/mol. The summed E-state index contributed by atoms with van der Waals surface area (Å²) in [5.41, 5.74) is 7.12. The molecule has 0 amide bonds. The number of benzene rings is 3. The maximum absolute atomic E-state index is 12.8. The molecule has 0 bridgehead atoms. The van der Waals surface area contributed by atoms with Crippen LogP contribution >= 0.6 is 0 Å². The molecule has 40 heavy (non-hydrogen) atoms. The van der Waals surface area contributed by atoms with Gasteiger partial charge >= 0.3 is 5.97 Å². The SMILES string of the molecule is Cc1ccc2c(CCCOc3cccc4ccccc34)c(C(=O)O)n3c2c1-c1c(nn(C)c1C)COC/C=C\C3. The Hall–Kier alpha value is -4.36. The summed E-state index contributed by atoms with van der Waals surface area (Å²) in [5.74, 6) is -0.0780. The van der Waals surface area contributed by atoms with Gasteiger partial charge in [-0.25, -0.2) is 4.79 Å². The first-order valence-electron chi connectivity index (χ1n) is 13.7. The number of allylic oxidation sites excluding steroid dienone is 1. The van der Waals surface area contributed by atoms with Crippen LogP contribution in [0.1, 0.15) is 39.4 Å². The van der Waals surface area contributed by atoms with Crippen LogP contribution in [0.5, 0.6) is 5.75 Å². The van der Waals surface area contributed by atoms with Crippen LogP contribution < -0.4 is 4.74 Å². The standard InChI is InChI=1S/C33H33N3O4/c1-21-15-16-26-25(13-9-19-40-28-14-8-11-23-10-4-5-12-24(23)28)32(33(37)38)36-17-6-7-18-39-20-27-30(29(21)31(26)36)22(2)35(3)34-27/h4-8,10-12,14-16H,9,13,17-20H2,1-3H3,(H,37,38)/b7-6-. The number of aromatic carboxylic acids is 1. The van der Waals surface area contributed by atoms with Crippen molar-refractivity contribution in [2.75, 3.05) is 13.2 Å². The third-order valence-corrected chi connectivity index (χ3v) is 7.88. The van der Waals surface area contributed by atoms with Crippen molar-refractivity contribution < 1.29 is 19.4 Å². The predicted octanol–water partition coefficient (Wildman–Crippen LogP) is 6.61. The van der Waals surface area contributed by atoms with E-state index in [4.69, 9.17) is 14.6 Å². The number of hydrogen-bond acceptors (Lipinski definition) is 4. The average Bonchev–Trinajstić information content (AvgIpc) is 3.40. The van der Waals surface area contributed by atoms with E-state index >= 15 is 0 Å². The van der Waals surface area contributed by atoms with E-state index in [9.17, 15) is 9.90 Å². The molecule has 1 aliphatic heterocycles. The maximum Gasteiger partial charge on any atom is 0.352 e. The summed E-state index contributed by atoms with van der Waals surface area (Å²) < 4.78 is 15.9. The number of rotatable bonds is 6. The molecule has 6 rings (SSSR count). The van der Waals surface area contributed by atoms with Crippen molar-refractivity contribution in [1.29, 1.82) is 0 Å². The van der Waals surface area contributed by atoms with Gasteiger partial charge in [-0.05, 0) is 49.3 Å². The van der Waals surface area contributed by atoms with Crippen molar-refractivity contribution in [2.45, 2.75) is 39.8 Å². The zero-order valence-electron chi connectivity index (χ0n) is 23.1. The van der Waals surface area contributed by atoms with Gasteiger partial charge in [0.2, 0.25) is 0 Å². The molecule has 0 unspecified atom stereocenters. The van der Waals surface area contributed by atoms with Gasteiger partial charge in [-0.2, -0.15) is 5.10 Å². The van der Waals surface area contributed by atoms with Crippen molar-refractivity contribution in [3.63, 3.8) is 0 Å². The number of carbonyl (C=O) groups is 1. The fourth-order valence-electron chi connectivity index (χ4n) is 5.94. The van der Waals surface area contributed by atoms with E-state index < -0.39 is 5.97 Å². The minimum atomic E-state index is -0.924. The van der Waals surface area contributed by atoms with Crippen LogP contribution in [-0.4, -0.2) is 38.6 Å². The third kappa shape index (κ3) is 4.46. The Morgan fingerprint density at radius 3 is 2.70 bits per heavy atom. The highest BCUT2D eigenvalue weighted by molar-refractivity contribution is 6.05. The number of hydrogen-bond donors (Lipinski definition) is 1. The Labute approximate surface area is 233 Å². The van der Waals surface area contributed by atoms with Crippen LogP contribution in [0.25, 0.3) is 32.8 Å². The molecular formula is C33H33N3O4. The summed E-state index contributed by atoms with van der Waals surface area (Å²) in [6.45, 7) is 5.90. The Bertz CT molecular complexity index is 1770. The minimum absolute atomic E-state index is 0.333. The van der Waals surface area contributed by atoms with Crippen LogP contribution in [0.3, 0.4) is 0 Å². The lowest BCUT2D eigenvalue weighted by molar-refractivity contribution is 0.0685. The molecule has 3 aromatic carbocycles. The molecule has 7 heteroatoms. The lowest BCUT2D eigenvalue weighted by Gasteiger charge is -2.13. The third-order valence-electron chi connectivity index (χ3n) is 7.88. The second kappa shape index (κ2) is 10.7. The van der Waals surface area contributed by atoms with Gasteiger partial charge in [0.1, 0.15) is 11.4 Å². The average molecular weight is 536 g/mol. The Morgan fingerprint density at radius 2 is 1.85 bits per heavy atom. The highest BCUT2D eigenvalue weighted by Crippen LogP contribution is 2.40. The largest absolute Gasteiger partial charge is 0.493 e. The molecule has 204 valence electrons. The number of aryl methyl sites for hydroxylation is 3. The molecule has 0 atom stereocenters. The van der Waals surface area contributed by atoms with Crippen molar-refractivity contribution in [1.82, 2.24) is 14.3 Å². The van der Waals surface area contributed by atoms with E-state index in [1.807, 2.05) is 52.7 Å². The predicted molar refractivity (Wildman–Crippen MR) is 157 cm³/mol. The molecule has 0 spiro atoms. The van der Waals surface area contributed by atoms with Crippen LogP contribution in [0, 0.1) is 13.8 Å². The fraction of sp³-hybridized carbons (Fsp3) is 0.273. The van der Waals surface area contributed by atoms with Crippen LogP contribution in [0.15, 0.2) is 66.7 Å². The van der Waals surface area contributed by atoms with Gasteiger partial charge in [-0.1, -0.05) is 60.7 Å². The summed E-state index contributed by atoms with van der Waals surface area (Å²) in [7, 11) is 1.94. The van der Waals surface area contributed by atoms with E-state index in [2.05, 4.69) is 44.2 Å². The Morgan fingerprint density at radius 1 is 1.02 bits per heavy atom. The molecule has 5 aromatic rings. The molecule has 1 N–H and O–H groups in total. The second-order valence-corrected chi connectivity index (χ2v) is 10.3. The van der Waals surface area contributed by atoms with Gasteiger partial charge in [-0.3, -0.25) is 4.68 Å². The monoisotopic (exact) mass is 535 g/mol. The summed E-state index contributed by atoms with van der Waals surface area (Å²) in [4.78, 5) is 12.8. The van der Waals surface area contributed by atoms with Gasteiger partial charge in [0.15, 0.2) is 0 Å². The number of fused-ring (bicyclic) bond motifs is 3. The van der Waals surface area contributed by atoms with E-state index in [1.165, 1.54) is 0 Å². The Kier molecular flexibility index (Phi) is 6.90. The molecule has 0 radical (unpaired) electrons. The van der Waals surface area contributed by atoms with Gasteiger partial charge < -0.3 is 19.1 Å². The van der Waals surface area contributed by atoms with Crippen molar-refractivity contribution in [3.05, 3.63) is 95.0 Å². The lowest BCUT2D eigenvalue weighted by atomic mass is 9.94. The van der Waals surface area contributed by atoms with Crippen molar-refractivity contribution in [3.8, 4) is 16.9 Å². The van der Waals surface area contributed by atoms with Crippen LogP contribution in [0.4, 0.5) is 0 Å². The molecule has 0 fully saturated rings. The molecule has 2 aromatic heterocycles.